The third kappa shape index (κ3) is 1.69. The molecule has 1 amide bonds. The maximum absolute atomic E-state index is 10.7. The van der Waals surface area contributed by atoms with Gasteiger partial charge in [-0.15, -0.1) is 0 Å². The van der Waals surface area contributed by atoms with Crippen molar-refractivity contribution in [2.45, 2.75) is 19.9 Å². The minimum Gasteiger partial charge on any atom is -0.368 e. The van der Waals surface area contributed by atoms with Crippen molar-refractivity contribution in [3.63, 3.8) is 0 Å². The zero-order valence-corrected chi connectivity index (χ0v) is 6.79. The number of carbonyl (C=O) groups excluding carboxylic acids is 1. The van der Waals surface area contributed by atoms with Crippen LogP contribution < -0.4 is 11.1 Å². The molecule has 4 heteroatoms. The summed E-state index contributed by atoms with van der Waals surface area (Å²) < 4.78 is 0. The van der Waals surface area contributed by atoms with Crippen molar-refractivity contribution in [1.82, 2.24) is 5.32 Å². The fourth-order valence-electron chi connectivity index (χ4n) is 0.970. The first-order chi connectivity index (χ1) is 5.11. The van der Waals surface area contributed by atoms with Crippen LogP contribution in [0.25, 0.3) is 0 Å². The summed E-state index contributed by atoms with van der Waals surface area (Å²) in [5.74, 6) is 0.901. The van der Waals surface area contributed by atoms with Gasteiger partial charge in [-0.05, 0) is 0 Å². The Labute approximate surface area is 65.9 Å². The van der Waals surface area contributed by atoms with Crippen molar-refractivity contribution in [1.29, 1.82) is 0 Å². The molecule has 0 spiro atoms. The number of nitrogens with zero attached hydrogens (tertiary/aromatic N) is 1. The quantitative estimate of drug-likeness (QED) is 0.564. The Kier molecular flexibility index (Phi) is 2.12. The number of hydrogen-bond donors (Lipinski definition) is 2. The van der Waals surface area contributed by atoms with Gasteiger partial charge < -0.3 is 11.1 Å². The van der Waals surface area contributed by atoms with Gasteiger partial charge in [0.25, 0.3) is 0 Å². The number of aliphatic imine (C=N–C) groups is 1. The van der Waals surface area contributed by atoms with E-state index in [0.717, 1.165) is 5.84 Å². The lowest BCUT2D eigenvalue weighted by molar-refractivity contribution is -0.119. The second-order valence-corrected chi connectivity index (χ2v) is 2.98. The van der Waals surface area contributed by atoms with Gasteiger partial charge in [0.05, 0.1) is 12.4 Å². The van der Waals surface area contributed by atoms with Gasteiger partial charge >= 0.3 is 0 Å². The molecule has 1 heterocycles. The summed E-state index contributed by atoms with van der Waals surface area (Å²) in [4.78, 5) is 14.8. The number of rotatable bonds is 2. The van der Waals surface area contributed by atoms with Crippen LogP contribution in [-0.2, 0) is 4.79 Å². The molecule has 0 aromatic heterocycles. The van der Waals surface area contributed by atoms with Crippen molar-refractivity contribution in [2.75, 3.05) is 6.54 Å². The van der Waals surface area contributed by atoms with Crippen LogP contribution in [0.4, 0.5) is 0 Å². The van der Waals surface area contributed by atoms with Crippen molar-refractivity contribution >= 4 is 11.7 Å². The fourth-order valence-corrected chi connectivity index (χ4v) is 0.970. The van der Waals surface area contributed by atoms with Crippen LogP contribution in [0.1, 0.15) is 13.8 Å². The van der Waals surface area contributed by atoms with Crippen LogP contribution >= 0.6 is 0 Å². The van der Waals surface area contributed by atoms with Gasteiger partial charge in [0.2, 0.25) is 5.91 Å². The number of nitrogens with two attached hydrogens (primary N) is 1. The van der Waals surface area contributed by atoms with E-state index in [-0.39, 0.29) is 11.9 Å². The monoisotopic (exact) mass is 155 g/mol. The molecule has 62 valence electrons. The third-order valence-corrected chi connectivity index (χ3v) is 1.66. The topological polar surface area (TPSA) is 67.5 Å². The fraction of sp³-hybridized carbons (Fsp3) is 0.714. The number of amidine groups is 1. The second-order valence-electron chi connectivity index (χ2n) is 2.98. The number of nitrogens with one attached hydrogen (secondary N) is 1. The first kappa shape index (κ1) is 8.04. The van der Waals surface area contributed by atoms with Gasteiger partial charge in [-0.2, -0.15) is 0 Å². The third-order valence-electron chi connectivity index (χ3n) is 1.66. The standard InChI is InChI=1S/C7H13N3O/c1-4(2)7-9-3-5(10-7)6(8)11/h4-5H,3H2,1-2H3,(H2,8,11)(H,9,10). The highest BCUT2D eigenvalue weighted by molar-refractivity contribution is 5.93. The van der Waals surface area contributed by atoms with Crippen LogP contribution in [0.2, 0.25) is 0 Å². The van der Waals surface area contributed by atoms with Gasteiger partial charge in [0.15, 0.2) is 0 Å². The molecule has 1 unspecified atom stereocenters. The molecule has 4 nitrogen and oxygen atoms in total. The molecule has 0 aliphatic carbocycles. The van der Waals surface area contributed by atoms with E-state index in [1.807, 2.05) is 13.8 Å². The van der Waals surface area contributed by atoms with E-state index in [1.54, 1.807) is 0 Å². The number of amides is 1. The van der Waals surface area contributed by atoms with E-state index in [0.29, 0.717) is 12.5 Å². The van der Waals surface area contributed by atoms with Crippen molar-refractivity contribution < 1.29 is 4.79 Å². The molecular weight excluding hydrogens is 142 g/mol. The van der Waals surface area contributed by atoms with Crippen LogP contribution in [-0.4, -0.2) is 24.3 Å². The normalized spacial score (nSPS) is 23.2. The number of hydrogen-bond acceptors (Lipinski definition) is 3. The molecule has 0 bridgehead atoms. The highest BCUT2D eigenvalue weighted by Gasteiger charge is 2.22. The number of carbonyl (C=O) groups is 1. The minimum atomic E-state index is -0.329. The Morgan fingerprint density at radius 3 is 2.73 bits per heavy atom. The molecule has 0 aromatic carbocycles. The largest absolute Gasteiger partial charge is 0.368 e. The molecule has 0 saturated carbocycles. The van der Waals surface area contributed by atoms with Crippen molar-refractivity contribution in [2.24, 2.45) is 16.6 Å². The van der Waals surface area contributed by atoms with Crippen molar-refractivity contribution in [3.8, 4) is 0 Å². The average molecular weight is 155 g/mol. The van der Waals surface area contributed by atoms with Crippen LogP contribution in [0.15, 0.2) is 4.99 Å². The van der Waals surface area contributed by atoms with Gasteiger partial charge in [0.1, 0.15) is 6.04 Å². The summed E-state index contributed by atoms with van der Waals surface area (Å²) in [5.41, 5.74) is 5.09. The molecule has 0 aromatic rings. The predicted molar refractivity (Wildman–Crippen MR) is 43.3 cm³/mol. The molecule has 1 rings (SSSR count). The smallest absolute Gasteiger partial charge is 0.241 e. The van der Waals surface area contributed by atoms with Gasteiger partial charge in [0, 0.05) is 5.92 Å². The van der Waals surface area contributed by atoms with E-state index in [2.05, 4.69) is 10.3 Å². The van der Waals surface area contributed by atoms with Gasteiger partial charge in [-0.3, -0.25) is 9.79 Å². The molecule has 1 atom stereocenters. The predicted octanol–water partition coefficient (Wildman–Crippen LogP) is -0.502. The molecule has 11 heavy (non-hydrogen) atoms. The molecule has 0 saturated heterocycles. The van der Waals surface area contributed by atoms with E-state index >= 15 is 0 Å². The van der Waals surface area contributed by atoms with Gasteiger partial charge in [-0.1, -0.05) is 13.8 Å². The lowest BCUT2D eigenvalue weighted by Gasteiger charge is -2.09. The molecule has 1 aliphatic rings. The summed E-state index contributed by atoms with van der Waals surface area (Å²) >= 11 is 0. The Bertz CT molecular complexity index is 198. The molecule has 1 aliphatic heterocycles. The van der Waals surface area contributed by atoms with Crippen LogP contribution in [0, 0.1) is 5.92 Å². The Morgan fingerprint density at radius 2 is 2.45 bits per heavy atom. The summed E-state index contributed by atoms with van der Waals surface area (Å²) in [5, 5.41) is 2.97. The minimum absolute atomic E-state index is 0.285. The summed E-state index contributed by atoms with van der Waals surface area (Å²) in [6.07, 6.45) is 0. The van der Waals surface area contributed by atoms with E-state index in [1.165, 1.54) is 0 Å². The first-order valence-electron chi connectivity index (χ1n) is 3.71. The molecule has 3 N–H and O–H groups in total. The van der Waals surface area contributed by atoms with Gasteiger partial charge in [-0.25, -0.2) is 0 Å². The maximum atomic E-state index is 10.7. The number of primary amides is 1. The first-order valence-corrected chi connectivity index (χ1v) is 3.71. The SMILES string of the molecule is CC(C)C1=NCC(C(N)=O)N1. The zero-order chi connectivity index (χ0) is 8.43. The van der Waals surface area contributed by atoms with Crippen LogP contribution in [0.5, 0.6) is 0 Å². The Morgan fingerprint density at radius 1 is 1.82 bits per heavy atom. The molecular formula is C7H13N3O. The zero-order valence-electron chi connectivity index (χ0n) is 6.79. The van der Waals surface area contributed by atoms with E-state index < -0.39 is 0 Å². The highest BCUT2D eigenvalue weighted by atomic mass is 16.1. The highest BCUT2D eigenvalue weighted by Crippen LogP contribution is 2.02. The maximum Gasteiger partial charge on any atom is 0.241 e. The molecule has 0 radical (unpaired) electrons. The lowest BCUT2D eigenvalue weighted by atomic mass is 10.2. The van der Waals surface area contributed by atoms with E-state index in [4.69, 9.17) is 5.73 Å². The summed E-state index contributed by atoms with van der Waals surface area (Å²) in [6, 6.07) is -0.285. The molecule has 0 fully saturated rings. The van der Waals surface area contributed by atoms with Crippen LogP contribution in [0.3, 0.4) is 0 Å². The summed E-state index contributed by atoms with van der Waals surface area (Å²) in [7, 11) is 0. The van der Waals surface area contributed by atoms with Crippen molar-refractivity contribution in [3.05, 3.63) is 0 Å². The Hall–Kier alpha value is -1.06. The average Bonchev–Trinajstić information content (AvgIpc) is 2.33. The van der Waals surface area contributed by atoms with E-state index in [9.17, 15) is 4.79 Å². The lowest BCUT2D eigenvalue weighted by Crippen LogP contribution is -2.42. The second kappa shape index (κ2) is 2.90. The Balaban J connectivity index is 2.49. The summed E-state index contributed by atoms with van der Waals surface area (Å²) in [6.45, 7) is 4.53.